The van der Waals surface area contributed by atoms with Crippen molar-refractivity contribution >= 4 is 16.6 Å². The van der Waals surface area contributed by atoms with Gasteiger partial charge in [0.25, 0.3) is 0 Å². The molecule has 8 aromatic carbocycles. The maximum Gasteiger partial charge on any atom is 0.0485 e. The molecule has 470 valence electrons. The third-order valence-electron chi connectivity index (χ3n) is 15.2. The molecule has 2 heterocycles. The number of aryl methyl sites for hydroxylation is 7. The van der Waals surface area contributed by atoms with Crippen molar-refractivity contribution in [3.63, 3.8) is 0 Å². The Morgan fingerprint density at radius 2 is 0.709 bits per heavy atom. The fourth-order valence-corrected chi connectivity index (χ4v) is 11.1. The molecule has 0 fully saturated rings. The number of hydrogen-bond acceptors (Lipinski definition) is 1. The summed E-state index contributed by atoms with van der Waals surface area (Å²) in [5, 5.41) is 1.39. The number of rotatable bonds is 6. The quantitative estimate of drug-likeness (QED) is 0.161. The minimum atomic E-state index is 0. The first kappa shape index (κ1) is 81.2. The average Bonchev–Trinajstić information content (AvgIpc) is 2.47. The monoisotopic (exact) mass is 1160 g/mol. The van der Waals surface area contributed by atoms with Gasteiger partial charge in [-0.25, -0.2) is 0 Å². The van der Waals surface area contributed by atoms with Crippen molar-refractivity contribution in [1.29, 1.82) is 0 Å². The van der Waals surface area contributed by atoms with Crippen LogP contribution in [0.2, 0.25) is 0 Å². The van der Waals surface area contributed by atoms with Gasteiger partial charge < -0.3 is 9.47 Å². The van der Waals surface area contributed by atoms with Gasteiger partial charge in [0.05, 0.1) is 0 Å². The van der Waals surface area contributed by atoms with Crippen LogP contribution in [0.3, 0.4) is 0 Å². The van der Waals surface area contributed by atoms with Gasteiger partial charge >= 0.3 is 0 Å². The van der Waals surface area contributed by atoms with Gasteiger partial charge in [-0.3, -0.25) is 0 Å². The van der Waals surface area contributed by atoms with Crippen LogP contribution in [0.1, 0.15) is 225 Å². The van der Waals surface area contributed by atoms with Crippen molar-refractivity contribution in [1.82, 2.24) is 4.57 Å². The van der Waals surface area contributed by atoms with Crippen molar-refractivity contribution in [3.8, 4) is 22.3 Å². The molecule has 0 saturated heterocycles. The number of para-hydroxylation sites is 2. The molecule has 0 N–H and O–H groups in total. The third-order valence-corrected chi connectivity index (χ3v) is 15.2. The van der Waals surface area contributed by atoms with Crippen LogP contribution in [0.5, 0.6) is 0 Å². The van der Waals surface area contributed by atoms with Crippen molar-refractivity contribution in [3.05, 3.63) is 254 Å². The number of nitrogens with zero attached hydrogens (tertiary/aromatic N) is 2. The normalized spacial score (nSPS) is 12.1. The summed E-state index contributed by atoms with van der Waals surface area (Å²) in [5.41, 5.74) is 27.1. The molecule has 0 saturated carbocycles. The lowest BCUT2D eigenvalue weighted by Gasteiger charge is -2.27. The third kappa shape index (κ3) is 21.8. The van der Waals surface area contributed by atoms with Gasteiger partial charge in [0.15, 0.2) is 0 Å². The lowest BCUT2D eigenvalue weighted by molar-refractivity contribution is 0.591. The van der Waals surface area contributed by atoms with E-state index in [0.717, 1.165) is 45.2 Å². The standard InChI is InChI=1S/C20H25N.2C13H10.C12H15N.C11H16.6C2H6.3CH4/c1-5-17-10-14(2)11-18(12-17)13-21-16(4)15(3)19-8-6-7-9-20(19)21;2*1-3-7-12-10(5-1)9-11-6-2-4-8-13(11)12;1-4-13-10(3)9(2)11-7-5-6-8-12(11)13;1-4-10-6-9(3)7-11(5-2)8-10;6*1-2;;;/h6-12,15-16H,5,13H2,1-4H3;2*1-8H,9H2;5-8H,4H2,1-3H3;6-8H,4-5H2,1-3H3;6*1-2H3;3*1H4/t15-,16+;;;;;;;;;;;;;/m1............./s1. The zero-order valence-corrected chi connectivity index (χ0v) is 56.3. The van der Waals surface area contributed by atoms with E-state index in [-0.39, 0.29) is 22.3 Å². The minimum Gasteiger partial charge on any atom is -0.364 e. The lowest BCUT2D eigenvalue weighted by Crippen LogP contribution is -2.30. The first-order valence-electron chi connectivity index (χ1n) is 32.4. The summed E-state index contributed by atoms with van der Waals surface area (Å²) in [5.74, 6) is 0.608. The minimum absolute atomic E-state index is 0. The van der Waals surface area contributed by atoms with Gasteiger partial charge in [-0.05, 0) is 164 Å². The molecule has 0 amide bonds. The molecule has 2 aliphatic carbocycles. The van der Waals surface area contributed by atoms with Crippen LogP contribution in [0.4, 0.5) is 5.69 Å². The van der Waals surface area contributed by atoms with Gasteiger partial charge in [-0.1, -0.05) is 314 Å². The number of benzene rings is 8. The Kier molecular flexibility index (Phi) is 42.0. The molecule has 2 atom stereocenters. The van der Waals surface area contributed by atoms with E-state index in [1.54, 1.807) is 0 Å². The zero-order valence-electron chi connectivity index (χ0n) is 56.3. The Balaban J connectivity index is 0. The number of aromatic nitrogens is 1. The van der Waals surface area contributed by atoms with Crippen molar-refractivity contribution in [2.24, 2.45) is 0 Å². The molecule has 12 rings (SSSR count). The topological polar surface area (TPSA) is 8.17 Å². The number of anilines is 1. The smallest absolute Gasteiger partial charge is 0.0485 e. The van der Waals surface area contributed by atoms with E-state index in [0.29, 0.717) is 12.0 Å². The molecule has 2 nitrogen and oxygen atoms in total. The number of fused-ring (bicyclic) bond motifs is 8. The van der Waals surface area contributed by atoms with Crippen LogP contribution in [0.15, 0.2) is 182 Å². The molecule has 1 aliphatic heterocycles. The number of hydrogen-bond donors (Lipinski definition) is 0. The van der Waals surface area contributed by atoms with Crippen LogP contribution < -0.4 is 4.90 Å². The largest absolute Gasteiger partial charge is 0.364 e. The Hall–Kier alpha value is -6.90. The summed E-state index contributed by atoms with van der Waals surface area (Å²) in [6, 6.07) is 66.5. The van der Waals surface area contributed by atoms with Gasteiger partial charge in [-0.15, -0.1) is 0 Å². The highest BCUT2D eigenvalue weighted by Gasteiger charge is 2.32. The molecular formula is C84H124N2. The predicted octanol–water partition coefficient (Wildman–Crippen LogP) is 26.0. The SMILES string of the molecule is C.C.C.CC.CC.CC.CC.CC.CC.CCc1cc(C)cc(CC)c1.CCc1cc(C)cc(CN2c3ccccc3[C@H](C)[C@@H]2C)c1.CCn1c(C)c(C)c2ccccc21.c1ccc2c(c1)Cc1ccccc1-2.c1ccc2c(c1)Cc1ccccc1-2. The van der Waals surface area contributed by atoms with E-state index in [1.807, 2.05) is 83.1 Å². The summed E-state index contributed by atoms with van der Waals surface area (Å²) in [4.78, 5) is 2.56. The van der Waals surface area contributed by atoms with E-state index in [2.05, 4.69) is 261 Å². The first-order chi connectivity index (χ1) is 40.5. The Labute approximate surface area is 531 Å². The Morgan fingerprint density at radius 3 is 1.09 bits per heavy atom. The van der Waals surface area contributed by atoms with Gasteiger partial charge in [0.1, 0.15) is 0 Å². The maximum absolute atomic E-state index is 2.56. The molecule has 86 heavy (non-hydrogen) atoms. The van der Waals surface area contributed by atoms with E-state index < -0.39 is 0 Å². The van der Waals surface area contributed by atoms with Gasteiger partial charge in [0.2, 0.25) is 0 Å². The molecule has 3 aliphatic rings. The van der Waals surface area contributed by atoms with Crippen LogP contribution >= 0.6 is 0 Å². The molecule has 1 aromatic heterocycles. The molecule has 0 spiro atoms. The van der Waals surface area contributed by atoms with Crippen molar-refractivity contribution < 1.29 is 0 Å². The van der Waals surface area contributed by atoms with E-state index >= 15 is 0 Å². The Morgan fingerprint density at radius 1 is 0.384 bits per heavy atom. The highest BCUT2D eigenvalue weighted by molar-refractivity contribution is 5.85. The summed E-state index contributed by atoms with van der Waals surface area (Å²) in [7, 11) is 0. The first-order valence-corrected chi connectivity index (χ1v) is 32.4. The van der Waals surface area contributed by atoms with E-state index in [1.165, 1.54) is 111 Å². The predicted molar refractivity (Wildman–Crippen MR) is 396 cm³/mol. The van der Waals surface area contributed by atoms with Gasteiger partial charge in [-0.2, -0.15) is 0 Å². The second-order valence-electron chi connectivity index (χ2n) is 19.9. The van der Waals surface area contributed by atoms with E-state index in [9.17, 15) is 0 Å². The average molecular weight is 1160 g/mol. The van der Waals surface area contributed by atoms with Crippen LogP contribution in [-0.4, -0.2) is 10.6 Å². The molecule has 0 unspecified atom stereocenters. The van der Waals surface area contributed by atoms with Crippen LogP contribution in [-0.2, 0) is 45.2 Å². The molecule has 9 aromatic rings. The Bertz CT molecular complexity index is 3020. The van der Waals surface area contributed by atoms with Crippen molar-refractivity contribution in [2.45, 2.75) is 232 Å². The molecule has 0 bridgehead atoms. The maximum atomic E-state index is 2.56. The summed E-state index contributed by atoms with van der Waals surface area (Å²) in [6.07, 6.45) is 5.61. The van der Waals surface area contributed by atoms with Gasteiger partial charge in [0, 0.05) is 47.3 Å². The summed E-state index contributed by atoms with van der Waals surface area (Å²) >= 11 is 0. The second kappa shape index (κ2) is 44.5. The zero-order chi connectivity index (χ0) is 62.0. The second-order valence-corrected chi connectivity index (χ2v) is 19.9. The fourth-order valence-electron chi connectivity index (χ4n) is 11.1. The highest BCUT2D eigenvalue weighted by atomic mass is 15.2. The molecule has 2 heteroatoms. The van der Waals surface area contributed by atoms with Crippen molar-refractivity contribution in [2.75, 3.05) is 4.90 Å². The highest BCUT2D eigenvalue weighted by Crippen LogP contribution is 2.42. The molecule has 0 radical (unpaired) electrons. The summed E-state index contributed by atoms with van der Waals surface area (Å²) in [6.45, 7) is 48.3. The van der Waals surface area contributed by atoms with Crippen LogP contribution in [0, 0.1) is 27.7 Å². The van der Waals surface area contributed by atoms with E-state index in [4.69, 9.17) is 0 Å². The summed E-state index contributed by atoms with van der Waals surface area (Å²) < 4.78 is 2.37. The van der Waals surface area contributed by atoms with Crippen LogP contribution in [0.25, 0.3) is 33.2 Å². The lowest BCUT2D eigenvalue weighted by atomic mass is 9.98. The fraction of sp³-hybridized carbons (Fsp3) is 0.405. The molecular weight excluding hydrogens is 1040 g/mol.